The first-order valence-corrected chi connectivity index (χ1v) is 10.0. The van der Waals surface area contributed by atoms with E-state index in [-0.39, 0.29) is 23.2 Å². The van der Waals surface area contributed by atoms with Crippen molar-refractivity contribution in [3.8, 4) is 0 Å². The number of carbonyl (C=O) groups excluding carboxylic acids is 3. The van der Waals surface area contributed by atoms with E-state index in [1.54, 1.807) is 6.92 Å². The molecule has 0 bridgehead atoms. The Morgan fingerprint density at radius 3 is 1.93 bits per heavy atom. The predicted molar refractivity (Wildman–Crippen MR) is 105 cm³/mol. The van der Waals surface area contributed by atoms with Crippen LogP contribution in [0.15, 0.2) is 0 Å². The van der Waals surface area contributed by atoms with Crippen LogP contribution < -0.4 is 0 Å². The lowest BCUT2D eigenvalue weighted by Crippen LogP contribution is -2.67. The Balaban J connectivity index is 0.00000420. The summed E-state index contributed by atoms with van der Waals surface area (Å²) >= 11 is 0. The van der Waals surface area contributed by atoms with Gasteiger partial charge in [0.25, 0.3) is 0 Å². The summed E-state index contributed by atoms with van der Waals surface area (Å²) in [6.45, 7) is 11.7. The summed E-state index contributed by atoms with van der Waals surface area (Å²) in [4.78, 5) is 35.3. The molecule has 0 unspecified atom stereocenters. The van der Waals surface area contributed by atoms with Crippen LogP contribution in [0.5, 0.6) is 0 Å². The highest BCUT2D eigenvalue weighted by molar-refractivity contribution is 5.68. The van der Waals surface area contributed by atoms with Gasteiger partial charge in [-0.3, -0.25) is 14.4 Å². The first-order chi connectivity index (χ1) is 12.8. The molecule has 0 radical (unpaired) electrons. The van der Waals surface area contributed by atoms with Gasteiger partial charge in [0.05, 0.1) is 0 Å². The number of fused-ring (bicyclic) bond motifs is 1. The maximum absolute atomic E-state index is 11.9. The molecule has 29 heavy (non-hydrogen) atoms. The average molecular weight is 417 g/mol. The molecule has 7 atom stereocenters. The third-order valence-electron chi connectivity index (χ3n) is 6.74. The Kier molecular flexibility index (Phi) is 7.87. The second-order valence-corrected chi connectivity index (χ2v) is 9.17. The summed E-state index contributed by atoms with van der Waals surface area (Å²) in [5.41, 5.74) is -1.90. The number of hydrogen-bond acceptors (Lipinski definition) is 7. The van der Waals surface area contributed by atoms with Gasteiger partial charge in [-0.1, -0.05) is 20.8 Å². The maximum atomic E-state index is 11.9. The lowest BCUT2D eigenvalue weighted by molar-refractivity contribution is -0.256. The Bertz CT molecular complexity index is 628. The van der Waals surface area contributed by atoms with Gasteiger partial charge in [-0.2, -0.15) is 0 Å². The van der Waals surface area contributed by atoms with Crippen molar-refractivity contribution in [3.05, 3.63) is 0 Å². The molecular weight excluding hydrogens is 380 g/mol. The van der Waals surface area contributed by atoms with E-state index in [1.165, 1.54) is 20.8 Å². The monoisotopic (exact) mass is 416 g/mol. The molecule has 2 aliphatic carbocycles. The van der Waals surface area contributed by atoms with Gasteiger partial charge in [0.2, 0.25) is 0 Å². The number of esters is 3. The molecule has 0 saturated heterocycles. The number of ether oxygens (including phenoxy) is 3. The highest BCUT2D eigenvalue weighted by atomic mass is 16.6. The Hall–Kier alpha value is -1.67. The SMILES string of the molecule is CC(=O)O[C@@H]1[C@H](C(C)C)C[C@H]2[C@](C)(O)[C@@H](OC(C)=O)CC[C@]2(C)[C@H]1OC(C)=O.O. The van der Waals surface area contributed by atoms with E-state index in [9.17, 15) is 19.5 Å². The Morgan fingerprint density at radius 1 is 0.966 bits per heavy atom. The number of carbonyl (C=O) groups is 3. The molecule has 8 nitrogen and oxygen atoms in total. The van der Waals surface area contributed by atoms with E-state index < -0.39 is 47.2 Å². The van der Waals surface area contributed by atoms with E-state index in [0.29, 0.717) is 19.3 Å². The van der Waals surface area contributed by atoms with Crippen molar-refractivity contribution in [1.29, 1.82) is 0 Å². The summed E-state index contributed by atoms with van der Waals surface area (Å²) < 4.78 is 16.8. The molecule has 8 heteroatoms. The molecule has 0 heterocycles. The topological polar surface area (TPSA) is 131 Å². The molecule has 0 aromatic carbocycles. The second-order valence-electron chi connectivity index (χ2n) is 9.17. The van der Waals surface area contributed by atoms with Crippen molar-refractivity contribution in [2.75, 3.05) is 0 Å². The van der Waals surface area contributed by atoms with Crippen molar-refractivity contribution in [1.82, 2.24) is 0 Å². The molecule has 2 rings (SSSR count). The number of aliphatic hydroxyl groups is 1. The second kappa shape index (κ2) is 9.00. The van der Waals surface area contributed by atoms with Crippen LogP contribution in [0.1, 0.15) is 67.7 Å². The molecule has 2 saturated carbocycles. The van der Waals surface area contributed by atoms with Gasteiger partial charge in [0, 0.05) is 38.0 Å². The summed E-state index contributed by atoms with van der Waals surface area (Å²) in [5, 5.41) is 11.4. The molecule has 0 aromatic heterocycles. The summed E-state index contributed by atoms with van der Waals surface area (Å²) in [6, 6.07) is 0. The van der Waals surface area contributed by atoms with Crippen molar-refractivity contribution in [2.24, 2.45) is 23.2 Å². The van der Waals surface area contributed by atoms with Crippen LogP contribution in [0.4, 0.5) is 0 Å². The quantitative estimate of drug-likeness (QED) is 0.546. The molecule has 2 aliphatic rings. The van der Waals surface area contributed by atoms with Crippen LogP contribution in [0.3, 0.4) is 0 Å². The minimum absolute atomic E-state index is 0. The highest BCUT2D eigenvalue weighted by Gasteiger charge is 2.64. The zero-order valence-corrected chi connectivity index (χ0v) is 18.5. The molecular formula is C21H36O8. The highest BCUT2D eigenvalue weighted by Crippen LogP contribution is 2.58. The lowest BCUT2D eigenvalue weighted by Gasteiger charge is -2.60. The Labute approximate surface area is 172 Å². The van der Waals surface area contributed by atoms with Gasteiger partial charge >= 0.3 is 17.9 Å². The zero-order valence-electron chi connectivity index (χ0n) is 18.5. The maximum Gasteiger partial charge on any atom is 0.303 e. The van der Waals surface area contributed by atoms with Crippen LogP contribution >= 0.6 is 0 Å². The number of rotatable bonds is 4. The zero-order chi connectivity index (χ0) is 21.4. The van der Waals surface area contributed by atoms with E-state index >= 15 is 0 Å². The summed E-state index contributed by atoms with van der Waals surface area (Å²) in [7, 11) is 0. The minimum Gasteiger partial charge on any atom is -0.459 e. The van der Waals surface area contributed by atoms with Crippen LogP contribution in [0, 0.1) is 23.2 Å². The fraction of sp³-hybridized carbons (Fsp3) is 0.857. The van der Waals surface area contributed by atoms with E-state index in [4.69, 9.17) is 14.2 Å². The van der Waals surface area contributed by atoms with E-state index in [0.717, 1.165) is 0 Å². The molecule has 0 aromatic rings. The lowest BCUT2D eigenvalue weighted by atomic mass is 9.50. The minimum atomic E-state index is -1.29. The van der Waals surface area contributed by atoms with Gasteiger partial charge in [-0.15, -0.1) is 0 Å². The van der Waals surface area contributed by atoms with E-state index in [2.05, 4.69) is 0 Å². The van der Waals surface area contributed by atoms with E-state index in [1.807, 2.05) is 20.8 Å². The van der Waals surface area contributed by atoms with Crippen LogP contribution in [-0.2, 0) is 28.6 Å². The third kappa shape index (κ3) is 4.91. The predicted octanol–water partition coefficient (Wildman–Crippen LogP) is 1.80. The largest absolute Gasteiger partial charge is 0.459 e. The first kappa shape index (κ1) is 25.4. The van der Waals surface area contributed by atoms with Crippen molar-refractivity contribution >= 4 is 17.9 Å². The molecule has 168 valence electrons. The molecule has 0 amide bonds. The normalized spacial score (nSPS) is 39.0. The first-order valence-electron chi connectivity index (χ1n) is 10.0. The van der Waals surface area contributed by atoms with Crippen molar-refractivity contribution < 1.29 is 39.2 Å². The fourth-order valence-electron chi connectivity index (χ4n) is 5.41. The van der Waals surface area contributed by atoms with Gasteiger partial charge < -0.3 is 24.8 Å². The summed E-state index contributed by atoms with van der Waals surface area (Å²) in [6.07, 6.45) is -0.287. The van der Waals surface area contributed by atoms with Gasteiger partial charge in [-0.05, 0) is 32.1 Å². The number of hydrogen-bond donors (Lipinski definition) is 1. The van der Waals surface area contributed by atoms with Crippen LogP contribution in [-0.4, -0.2) is 52.4 Å². The molecule has 2 fully saturated rings. The molecule has 0 spiro atoms. The molecule has 0 aliphatic heterocycles. The standard InChI is InChI=1S/C21H34O7.H2O/c1-11(2)15-10-16-20(6,9-8-17(21(16,7)25)26-12(3)22)19(28-14(5)24)18(15)27-13(4)23;/h11,15-19,25H,8-10H2,1-7H3;1H2/t15-,16+,17-,18+,19-,20-,21-;/m0./s1. The van der Waals surface area contributed by atoms with Gasteiger partial charge in [-0.25, -0.2) is 0 Å². The summed E-state index contributed by atoms with van der Waals surface area (Å²) in [5.74, 6) is -1.56. The smallest absolute Gasteiger partial charge is 0.303 e. The van der Waals surface area contributed by atoms with Gasteiger partial charge in [0.15, 0.2) is 0 Å². The average Bonchev–Trinajstić information content (AvgIpc) is 2.52. The van der Waals surface area contributed by atoms with Crippen LogP contribution in [0.25, 0.3) is 0 Å². The van der Waals surface area contributed by atoms with Crippen LogP contribution in [0.2, 0.25) is 0 Å². The fourth-order valence-corrected chi connectivity index (χ4v) is 5.41. The molecule has 3 N–H and O–H groups in total. The third-order valence-corrected chi connectivity index (χ3v) is 6.74. The van der Waals surface area contributed by atoms with Crippen molar-refractivity contribution in [3.63, 3.8) is 0 Å². The Morgan fingerprint density at radius 2 is 1.48 bits per heavy atom. The van der Waals surface area contributed by atoms with Crippen molar-refractivity contribution in [2.45, 2.75) is 91.6 Å². The van der Waals surface area contributed by atoms with Gasteiger partial charge in [0.1, 0.15) is 23.9 Å².